The minimum Gasteiger partial charge on any atom is -0.436 e. The van der Waals surface area contributed by atoms with Crippen LogP contribution >= 0.6 is 22.6 Å². The molecule has 2 aromatic heterocycles. The van der Waals surface area contributed by atoms with Crippen LogP contribution in [-0.2, 0) is 5.41 Å². The molecule has 3 nitrogen and oxygen atoms in total. The van der Waals surface area contributed by atoms with Gasteiger partial charge < -0.3 is 8.98 Å². The van der Waals surface area contributed by atoms with Gasteiger partial charge in [-0.25, -0.2) is 4.98 Å². The molecular formula is C55H43IN2O. The molecule has 0 fully saturated rings. The summed E-state index contributed by atoms with van der Waals surface area (Å²) >= 11 is 2.39. The monoisotopic (exact) mass is 874 g/mol. The first kappa shape index (κ1) is 36.1. The second-order valence-corrected chi connectivity index (χ2v) is 16.9. The number of allylic oxidation sites excluding steroid dienone is 15. The Morgan fingerprint density at radius 1 is 0.746 bits per heavy atom. The molecule has 0 bridgehead atoms. The third-order valence-corrected chi connectivity index (χ3v) is 13.4. The van der Waals surface area contributed by atoms with Gasteiger partial charge in [-0.1, -0.05) is 131 Å². The van der Waals surface area contributed by atoms with Crippen molar-refractivity contribution in [3.8, 4) is 17.1 Å². The maximum atomic E-state index is 6.36. The summed E-state index contributed by atoms with van der Waals surface area (Å²) in [5.41, 5.74) is 19.5. The Morgan fingerprint density at radius 2 is 1.61 bits per heavy atom. The van der Waals surface area contributed by atoms with Crippen LogP contribution in [0, 0.1) is 0 Å². The third kappa shape index (κ3) is 5.86. The number of oxazole rings is 1. The van der Waals surface area contributed by atoms with Crippen molar-refractivity contribution in [2.45, 2.75) is 50.9 Å². The molecule has 2 heterocycles. The highest BCUT2D eigenvalue weighted by atomic mass is 127. The first-order valence-corrected chi connectivity index (χ1v) is 22.1. The Bertz CT molecular complexity index is 3120. The highest BCUT2D eigenvalue weighted by Gasteiger charge is 2.48. The normalized spacial score (nSPS) is 19.3. The summed E-state index contributed by atoms with van der Waals surface area (Å²) in [4.78, 5) is 5.07. The zero-order chi connectivity index (χ0) is 39.5. The molecule has 11 rings (SSSR count). The summed E-state index contributed by atoms with van der Waals surface area (Å²) in [6.07, 6.45) is 25.0. The van der Waals surface area contributed by atoms with Gasteiger partial charge in [-0.15, -0.1) is 0 Å². The highest BCUT2D eigenvalue weighted by molar-refractivity contribution is 14.1. The number of benzene rings is 5. The van der Waals surface area contributed by atoms with Crippen LogP contribution in [0.1, 0.15) is 62.1 Å². The van der Waals surface area contributed by atoms with Crippen LogP contribution in [0.5, 0.6) is 0 Å². The van der Waals surface area contributed by atoms with E-state index in [2.05, 4.69) is 184 Å². The van der Waals surface area contributed by atoms with E-state index in [4.69, 9.17) is 9.40 Å². The van der Waals surface area contributed by atoms with E-state index in [0.29, 0.717) is 5.89 Å². The van der Waals surface area contributed by atoms with Crippen LogP contribution in [-0.4, -0.2) is 9.55 Å². The van der Waals surface area contributed by atoms with E-state index < -0.39 is 5.41 Å². The predicted molar refractivity (Wildman–Crippen MR) is 255 cm³/mol. The van der Waals surface area contributed by atoms with Gasteiger partial charge in [0, 0.05) is 22.0 Å². The summed E-state index contributed by atoms with van der Waals surface area (Å²) < 4.78 is 11.0. The second-order valence-electron chi connectivity index (χ2n) is 16.1. The van der Waals surface area contributed by atoms with Gasteiger partial charge in [0.1, 0.15) is 5.52 Å². The lowest BCUT2D eigenvalue weighted by Crippen LogP contribution is -2.31. The van der Waals surface area contributed by atoms with Crippen LogP contribution in [0.25, 0.3) is 61.2 Å². The Balaban J connectivity index is 1.07. The maximum absolute atomic E-state index is 6.36. The fourth-order valence-corrected chi connectivity index (χ4v) is 10.7. The Kier molecular flexibility index (Phi) is 8.99. The van der Waals surface area contributed by atoms with Crippen molar-refractivity contribution < 1.29 is 4.42 Å². The SMILES string of the molecule is CC1=C(/C=C\I)C2=C(C=C(c3ccc4c(c3)c3ccccc3n4-c3cccc(C4=CCCC=C4)c3)CC2)C1(C1=CC=CCC1)c1ccc2oc(-c3ccccc3)nc2c1. The van der Waals surface area contributed by atoms with Gasteiger partial charge in [0.05, 0.1) is 16.4 Å². The van der Waals surface area contributed by atoms with Crippen molar-refractivity contribution in [2.75, 3.05) is 0 Å². The van der Waals surface area contributed by atoms with Crippen LogP contribution < -0.4 is 0 Å². The molecule has 0 radical (unpaired) electrons. The van der Waals surface area contributed by atoms with Crippen molar-refractivity contribution in [2.24, 2.45) is 0 Å². The number of para-hydroxylation sites is 1. The molecule has 5 aromatic carbocycles. The molecule has 0 amide bonds. The van der Waals surface area contributed by atoms with Gasteiger partial charge in [-0.3, -0.25) is 0 Å². The highest BCUT2D eigenvalue weighted by Crippen LogP contribution is 2.59. The van der Waals surface area contributed by atoms with Gasteiger partial charge >= 0.3 is 0 Å². The Labute approximate surface area is 359 Å². The minimum absolute atomic E-state index is 0.425. The molecular weight excluding hydrogens is 832 g/mol. The quantitative estimate of drug-likeness (QED) is 0.149. The van der Waals surface area contributed by atoms with Gasteiger partial charge in [0.25, 0.3) is 0 Å². The van der Waals surface area contributed by atoms with Crippen LogP contribution in [0.2, 0.25) is 0 Å². The fourth-order valence-electron chi connectivity index (χ4n) is 10.3. The second kappa shape index (κ2) is 14.7. The van der Waals surface area contributed by atoms with E-state index in [1.807, 2.05) is 18.2 Å². The number of halogens is 1. The van der Waals surface area contributed by atoms with E-state index in [9.17, 15) is 0 Å². The van der Waals surface area contributed by atoms with E-state index in [1.54, 1.807) is 0 Å². The van der Waals surface area contributed by atoms with Crippen molar-refractivity contribution in [3.05, 3.63) is 213 Å². The summed E-state index contributed by atoms with van der Waals surface area (Å²) in [6, 6.07) is 42.1. The number of hydrogen-bond acceptors (Lipinski definition) is 2. The summed E-state index contributed by atoms with van der Waals surface area (Å²) in [5.74, 6) is 0.654. The molecule has 286 valence electrons. The van der Waals surface area contributed by atoms with Crippen LogP contribution in [0.3, 0.4) is 0 Å². The van der Waals surface area contributed by atoms with Crippen molar-refractivity contribution in [1.29, 1.82) is 0 Å². The lowest BCUT2D eigenvalue weighted by Gasteiger charge is -2.39. The Hall–Kier alpha value is -5.98. The summed E-state index contributed by atoms with van der Waals surface area (Å²) in [6.45, 7) is 2.37. The standard InChI is InChI=1S/C55H43IN2O/c1-36-45(30-31-56)46-27-24-41(34-49(46)55(36,42-19-9-4-10-20-42)43-26-29-53-50(35-43)57-54(59-53)38-16-7-3-8-17-38)40-25-28-52-48(33-40)47-22-11-12-23-51(47)58(52)44-21-13-18-39(32-44)37-14-5-2-6-15-37/h3-5,7-9,11-19,21-23,25-26,28-35H,2,6,10,20,24,27H2,1H3/b31-30-. The number of nitrogens with zero attached hydrogens (tertiary/aromatic N) is 2. The average Bonchev–Trinajstić information content (AvgIpc) is 3.95. The lowest BCUT2D eigenvalue weighted by atomic mass is 9.63. The molecule has 0 spiro atoms. The smallest absolute Gasteiger partial charge is 0.227 e. The number of hydrogen-bond donors (Lipinski definition) is 0. The van der Waals surface area contributed by atoms with Gasteiger partial charge in [-0.2, -0.15) is 0 Å². The summed E-state index contributed by atoms with van der Waals surface area (Å²) in [7, 11) is 0. The first-order chi connectivity index (χ1) is 29.1. The Morgan fingerprint density at radius 3 is 2.46 bits per heavy atom. The molecule has 1 atom stereocenters. The van der Waals surface area contributed by atoms with Crippen molar-refractivity contribution in [1.82, 2.24) is 9.55 Å². The largest absolute Gasteiger partial charge is 0.436 e. The molecule has 59 heavy (non-hydrogen) atoms. The topological polar surface area (TPSA) is 31.0 Å². The van der Waals surface area contributed by atoms with Crippen LogP contribution in [0.4, 0.5) is 0 Å². The zero-order valence-corrected chi connectivity index (χ0v) is 35.2. The zero-order valence-electron chi connectivity index (χ0n) is 33.1. The van der Waals surface area contributed by atoms with E-state index in [1.165, 1.54) is 83.2 Å². The van der Waals surface area contributed by atoms with E-state index in [0.717, 1.165) is 55.2 Å². The van der Waals surface area contributed by atoms with Gasteiger partial charge in [0.15, 0.2) is 5.58 Å². The molecule has 0 N–H and O–H groups in total. The van der Waals surface area contributed by atoms with Gasteiger partial charge in [0.2, 0.25) is 5.89 Å². The number of aromatic nitrogens is 2. The molecule has 0 saturated carbocycles. The van der Waals surface area contributed by atoms with E-state index >= 15 is 0 Å². The third-order valence-electron chi connectivity index (χ3n) is 13.0. The molecule has 7 aromatic rings. The average molecular weight is 875 g/mol. The number of rotatable bonds is 7. The van der Waals surface area contributed by atoms with Gasteiger partial charge in [-0.05, 0) is 160 Å². The fraction of sp³-hybridized carbons (Fsp3) is 0.145. The first-order valence-electron chi connectivity index (χ1n) is 20.9. The molecule has 4 aliphatic rings. The molecule has 4 heteroatoms. The molecule has 0 saturated heterocycles. The predicted octanol–water partition coefficient (Wildman–Crippen LogP) is 15.3. The van der Waals surface area contributed by atoms with Crippen molar-refractivity contribution in [3.63, 3.8) is 0 Å². The van der Waals surface area contributed by atoms with Crippen LogP contribution in [0.15, 0.2) is 200 Å². The molecule has 1 unspecified atom stereocenters. The number of fused-ring (bicyclic) bond motifs is 4. The minimum atomic E-state index is -0.425. The van der Waals surface area contributed by atoms with E-state index in [-0.39, 0.29) is 0 Å². The lowest BCUT2D eigenvalue weighted by molar-refractivity contribution is 0.619. The molecule has 4 aliphatic carbocycles. The molecule has 0 aliphatic heterocycles. The summed E-state index contributed by atoms with van der Waals surface area (Å²) in [5, 5.41) is 2.56. The van der Waals surface area contributed by atoms with Crippen molar-refractivity contribution >= 4 is 66.6 Å². The maximum Gasteiger partial charge on any atom is 0.227 e.